The summed E-state index contributed by atoms with van der Waals surface area (Å²) in [6.07, 6.45) is 7.83. The van der Waals surface area contributed by atoms with E-state index in [1.807, 2.05) is 25.4 Å². The molecule has 0 bridgehead atoms. The number of piperidine rings is 1. The maximum absolute atomic E-state index is 4.79. The molecule has 1 aromatic carbocycles. The summed E-state index contributed by atoms with van der Waals surface area (Å²) in [6, 6.07) is 10.8. The van der Waals surface area contributed by atoms with E-state index in [0.29, 0.717) is 6.04 Å². The topological polar surface area (TPSA) is 67.7 Å². The molecule has 26 heavy (non-hydrogen) atoms. The highest BCUT2D eigenvalue weighted by Gasteiger charge is 2.15. The molecular weight excluding hydrogens is 324 g/mol. The van der Waals surface area contributed by atoms with Gasteiger partial charge in [-0.2, -0.15) is 0 Å². The van der Waals surface area contributed by atoms with Crippen molar-refractivity contribution in [2.24, 2.45) is 0 Å². The van der Waals surface area contributed by atoms with Crippen molar-refractivity contribution in [2.75, 3.05) is 18.4 Å². The number of nitrogens with one attached hydrogen (secondary N) is 2. The van der Waals surface area contributed by atoms with Crippen LogP contribution >= 0.6 is 0 Å². The van der Waals surface area contributed by atoms with Crippen molar-refractivity contribution in [1.29, 1.82) is 0 Å². The van der Waals surface area contributed by atoms with Crippen LogP contribution in [0.25, 0.3) is 11.4 Å². The molecule has 2 N–H and O–H groups in total. The summed E-state index contributed by atoms with van der Waals surface area (Å²) in [5, 5.41) is 6.92. The zero-order valence-electron chi connectivity index (χ0n) is 15.0. The highest BCUT2D eigenvalue weighted by Crippen LogP contribution is 2.21. The van der Waals surface area contributed by atoms with Gasteiger partial charge in [0, 0.05) is 19.1 Å². The molecule has 2 aromatic heterocycles. The van der Waals surface area contributed by atoms with Crippen molar-refractivity contribution in [1.82, 2.24) is 24.8 Å². The van der Waals surface area contributed by atoms with E-state index in [-0.39, 0.29) is 0 Å². The molecule has 134 valence electrons. The molecule has 3 aromatic rings. The normalized spacial score (nSPS) is 17.2. The summed E-state index contributed by atoms with van der Waals surface area (Å²) in [4.78, 5) is 13.7. The van der Waals surface area contributed by atoms with Crippen LogP contribution in [0.2, 0.25) is 0 Å². The lowest BCUT2D eigenvalue weighted by atomic mass is 10.1. The van der Waals surface area contributed by atoms with Crippen molar-refractivity contribution < 1.29 is 0 Å². The Kier molecular flexibility index (Phi) is 4.93. The van der Waals surface area contributed by atoms with Crippen LogP contribution in [0.5, 0.6) is 0 Å². The Morgan fingerprint density at radius 2 is 2.08 bits per heavy atom. The highest BCUT2D eigenvalue weighted by molar-refractivity contribution is 5.56. The molecule has 6 nitrogen and oxygen atoms in total. The third-order valence-electron chi connectivity index (χ3n) is 4.78. The summed E-state index contributed by atoms with van der Waals surface area (Å²) in [7, 11) is 0. The molecule has 3 heterocycles. The maximum Gasteiger partial charge on any atom is 0.145 e. The van der Waals surface area contributed by atoms with Gasteiger partial charge in [-0.3, -0.25) is 4.98 Å². The largest absolute Gasteiger partial charge is 0.365 e. The number of hydrogen-bond acceptors (Lipinski definition) is 5. The fourth-order valence-corrected chi connectivity index (χ4v) is 3.38. The van der Waals surface area contributed by atoms with Gasteiger partial charge in [-0.1, -0.05) is 30.3 Å². The molecule has 0 aliphatic carbocycles. The first-order valence-electron chi connectivity index (χ1n) is 9.15. The molecule has 1 fully saturated rings. The third kappa shape index (κ3) is 3.75. The van der Waals surface area contributed by atoms with Crippen LogP contribution in [0.1, 0.15) is 24.2 Å². The second kappa shape index (κ2) is 7.66. The first-order valence-corrected chi connectivity index (χ1v) is 9.15. The van der Waals surface area contributed by atoms with Crippen molar-refractivity contribution in [3.63, 3.8) is 0 Å². The molecule has 0 amide bonds. The van der Waals surface area contributed by atoms with E-state index in [4.69, 9.17) is 4.98 Å². The van der Waals surface area contributed by atoms with Crippen LogP contribution in [0.15, 0.2) is 48.9 Å². The van der Waals surface area contributed by atoms with Gasteiger partial charge < -0.3 is 15.2 Å². The standard InChI is InChI=1S/C20H24N6/c1-15-23-12-19(26(15)14-16-6-3-2-4-7-16)18-11-22-13-20(25-18)24-17-8-5-9-21-10-17/h2-4,6-7,11-13,17,21H,5,8-10,14H2,1H3,(H,24,25)/t17-/m1/s1. The molecule has 6 heteroatoms. The lowest BCUT2D eigenvalue weighted by molar-refractivity contribution is 0.479. The van der Waals surface area contributed by atoms with Gasteiger partial charge >= 0.3 is 0 Å². The van der Waals surface area contributed by atoms with Crippen LogP contribution in [-0.2, 0) is 6.54 Å². The Labute approximate surface area is 153 Å². The Balaban J connectivity index is 1.58. The Morgan fingerprint density at radius 3 is 2.88 bits per heavy atom. The Hall–Kier alpha value is -2.73. The summed E-state index contributed by atoms with van der Waals surface area (Å²) >= 11 is 0. The van der Waals surface area contributed by atoms with Crippen molar-refractivity contribution in [3.05, 3.63) is 60.3 Å². The molecule has 1 aliphatic heterocycles. The number of nitrogens with zero attached hydrogens (tertiary/aromatic N) is 4. The van der Waals surface area contributed by atoms with Gasteiger partial charge in [0.2, 0.25) is 0 Å². The third-order valence-corrected chi connectivity index (χ3v) is 4.78. The van der Waals surface area contributed by atoms with Crippen LogP contribution in [0.4, 0.5) is 5.82 Å². The number of aryl methyl sites for hydroxylation is 1. The van der Waals surface area contributed by atoms with E-state index in [0.717, 1.165) is 49.1 Å². The maximum atomic E-state index is 4.79. The van der Waals surface area contributed by atoms with Crippen LogP contribution in [0.3, 0.4) is 0 Å². The molecule has 1 aliphatic rings. The minimum atomic E-state index is 0.407. The van der Waals surface area contributed by atoms with Crippen LogP contribution in [0, 0.1) is 6.92 Å². The molecule has 0 saturated carbocycles. The van der Waals surface area contributed by atoms with E-state index in [9.17, 15) is 0 Å². The molecule has 0 unspecified atom stereocenters. The van der Waals surface area contributed by atoms with E-state index >= 15 is 0 Å². The average molecular weight is 348 g/mol. The SMILES string of the molecule is Cc1ncc(-c2cncc(N[C@@H]3CCCNC3)n2)n1Cc1ccccc1. The second-order valence-electron chi connectivity index (χ2n) is 6.74. The lowest BCUT2D eigenvalue weighted by Crippen LogP contribution is -2.38. The van der Waals surface area contributed by atoms with Crippen LogP contribution < -0.4 is 10.6 Å². The Bertz CT molecular complexity index is 852. The minimum Gasteiger partial charge on any atom is -0.365 e. The lowest BCUT2D eigenvalue weighted by Gasteiger charge is -2.24. The first kappa shape index (κ1) is 16.7. The van der Waals surface area contributed by atoms with Gasteiger partial charge in [0.05, 0.1) is 24.3 Å². The summed E-state index contributed by atoms with van der Waals surface area (Å²) in [5.74, 6) is 1.79. The first-order chi connectivity index (χ1) is 12.8. The minimum absolute atomic E-state index is 0.407. The van der Waals surface area contributed by atoms with Gasteiger partial charge in [-0.25, -0.2) is 9.97 Å². The zero-order valence-corrected chi connectivity index (χ0v) is 15.0. The second-order valence-corrected chi connectivity index (χ2v) is 6.74. The van der Waals surface area contributed by atoms with E-state index in [2.05, 4.69) is 49.4 Å². The molecule has 0 spiro atoms. The number of aromatic nitrogens is 4. The summed E-state index contributed by atoms with van der Waals surface area (Å²) < 4.78 is 2.19. The zero-order chi connectivity index (χ0) is 17.8. The van der Waals surface area contributed by atoms with E-state index in [1.54, 1.807) is 6.20 Å². The van der Waals surface area contributed by atoms with Crippen molar-refractivity contribution >= 4 is 5.82 Å². The fraction of sp³-hybridized carbons (Fsp3) is 0.350. The fourth-order valence-electron chi connectivity index (χ4n) is 3.38. The summed E-state index contributed by atoms with van der Waals surface area (Å²) in [5.41, 5.74) is 3.07. The predicted octanol–water partition coefficient (Wildman–Crippen LogP) is 2.86. The van der Waals surface area contributed by atoms with Gasteiger partial charge in [-0.15, -0.1) is 0 Å². The number of hydrogen-bond donors (Lipinski definition) is 2. The molecule has 1 atom stereocenters. The number of imidazole rings is 1. The number of anilines is 1. The predicted molar refractivity (Wildman–Crippen MR) is 103 cm³/mol. The molecular formula is C20H24N6. The smallest absolute Gasteiger partial charge is 0.145 e. The van der Waals surface area contributed by atoms with E-state index in [1.165, 1.54) is 12.0 Å². The molecule has 0 radical (unpaired) electrons. The van der Waals surface area contributed by atoms with Crippen molar-refractivity contribution in [3.8, 4) is 11.4 Å². The molecule has 1 saturated heterocycles. The van der Waals surface area contributed by atoms with Gasteiger partial charge in [-0.05, 0) is 31.9 Å². The van der Waals surface area contributed by atoms with Crippen molar-refractivity contribution in [2.45, 2.75) is 32.4 Å². The number of benzene rings is 1. The highest BCUT2D eigenvalue weighted by atomic mass is 15.1. The van der Waals surface area contributed by atoms with Gasteiger partial charge in [0.15, 0.2) is 0 Å². The van der Waals surface area contributed by atoms with Gasteiger partial charge in [0.1, 0.15) is 17.3 Å². The average Bonchev–Trinajstić information content (AvgIpc) is 3.04. The van der Waals surface area contributed by atoms with Gasteiger partial charge in [0.25, 0.3) is 0 Å². The van der Waals surface area contributed by atoms with Crippen LogP contribution in [-0.4, -0.2) is 38.7 Å². The summed E-state index contributed by atoms with van der Waals surface area (Å²) in [6.45, 7) is 4.86. The number of rotatable bonds is 5. The monoisotopic (exact) mass is 348 g/mol. The quantitative estimate of drug-likeness (QED) is 0.742. The Morgan fingerprint density at radius 1 is 1.19 bits per heavy atom. The molecule has 4 rings (SSSR count). The van der Waals surface area contributed by atoms with E-state index < -0.39 is 0 Å².